The number of nitrogens with zero attached hydrogens (tertiary/aromatic N) is 2. The second-order valence-electron chi connectivity index (χ2n) is 5.13. The molecule has 6 nitrogen and oxygen atoms in total. The summed E-state index contributed by atoms with van der Waals surface area (Å²) < 4.78 is 10.5. The molecule has 0 aliphatic rings. The van der Waals surface area contributed by atoms with Crippen molar-refractivity contribution in [2.45, 2.75) is 34.6 Å². The van der Waals surface area contributed by atoms with E-state index >= 15 is 0 Å². The lowest BCUT2D eigenvalue weighted by Gasteiger charge is -2.05. The first-order valence-electron chi connectivity index (χ1n) is 8.91. The molecule has 0 aliphatic heterocycles. The predicted octanol–water partition coefficient (Wildman–Crippen LogP) is 5.01. The number of hydrogen-bond acceptors (Lipinski definition) is 5. The number of aromatic amines is 1. The smallest absolute Gasteiger partial charge is 0.356 e. The number of esters is 1. The molecule has 27 heavy (non-hydrogen) atoms. The Hall–Kier alpha value is -3.15. The average Bonchev–Trinajstić information content (AvgIpc) is 3.06. The summed E-state index contributed by atoms with van der Waals surface area (Å²) in [5.41, 5.74) is 2.48. The number of carbonyl (C=O) groups excluding carboxylic acids is 1. The van der Waals surface area contributed by atoms with Crippen LogP contribution in [0.4, 0.5) is 0 Å². The van der Waals surface area contributed by atoms with Crippen LogP contribution < -0.4 is 4.74 Å². The monoisotopic (exact) mass is 369 g/mol. The molecule has 1 N–H and O–H groups in total. The zero-order valence-corrected chi connectivity index (χ0v) is 16.6. The van der Waals surface area contributed by atoms with Crippen molar-refractivity contribution in [1.82, 2.24) is 15.2 Å². The summed E-state index contributed by atoms with van der Waals surface area (Å²) in [6.45, 7) is 13.6. The standard InChI is InChI=1S/C19H21N3O3.C2H6/c1-5-7-8-9-13(3)25-16-11-10-15(12-20-16)17-14(4)18(22-21-17)19(23)24-6-2;1-2/h5,7-12H,3,6H2,1-2,4H3,(H,21,22);1-2H3/b7-5-,9-8-;. The van der Waals surface area contributed by atoms with Crippen molar-refractivity contribution in [3.63, 3.8) is 0 Å². The highest BCUT2D eigenvalue weighted by molar-refractivity contribution is 5.90. The maximum atomic E-state index is 11.8. The van der Waals surface area contributed by atoms with E-state index in [1.807, 2.05) is 52.0 Å². The Balaban J connectivity index is 0.00000176. The second-order valence-corrected chi connectivity index (χ2v) is 5.13. The van der Waals surface area contributed by atoms with Crippen LogP contribution in [0.3, 0.4) is 0 Å². The van der Waals surface area contributed by atoms with Gasteiger partial charge in [-0.3, -0.25) is 5.10 Å². The Morgan fingerprint density at radius 2 is 2.04 bits per heavy atom. The van der Waals surface area contributed by atoms with Crippen LogP contribution in [0.25, 0.3) is 11.3 Å². The highest BCUT2D eigenvalue weighted by Gasteiger charge is 2.18. The van der Waals surface area contributed by atoms with E-state index in [0.29, 0.717) is 35.2 Å². The fourth-order valence-electron chi connectivity index (χ4n) is 2.10. The number of H-pyrrole nitrogens is 1. The van der Waals surface area contributed by atoms with E-state index in [1.54, 1.807) is 25.3 Å². The normalized spacial score (nSPS) is 10.6. The van der Waals surface area contributed by atoms with Crippen LogP contribution in [0.15, 0.2) is 55.0 Å². The van der Waals surface area contributed by atoms with Gasteiger partial charge in [-0.05, 0) is 32.9 Å². The van der Waals surface area contributed by atoms with Gasteiger partial charge in [0.2, 0.25) is 5.88 Å². The van der Waals surface area contributed by atoms with Gasteiger partial charge in [-0.1, -0.05) is 38.7 Å². The largest absolute Gasteiger partial charge is 0.461 e. The fourth-order valence-corrected chi connectivity index (χ4v) is 2.10. The summed E-state index contributed by atoms with van der Waals surface area (Å²) in [4.78, 5) is 16.1. The van der Waals surface area contributed by atoms with Crippen molar-refractivity contribution in [1.29, 1.82) is 0 Å². The number of hydrogen-bond donors (Lipinski definition) is 1. The SMILES string of the molecule is C=C(/C=C\C=C/C)Oc1ccc(-c2n[nH]c(C(=O)OCC)c2C)cn1.CC. The molecule has 144 valence electrons. The van der Waals surface area contributed by atoms with Gasteiger partial charge in [0.1, 0.15) is 11.5 Å². The van der Waals surface area contributed by atoms with E-state index in [2.05, 4.69) is 21.8 Å². The Kier molecular flexibility index (Phi) is 9.29. The molecule has 0 spiro atoms. The summed E-state index contributed by atoms with van der Waals surface area (Å²) in [7, 11) is 0. The molecule has 2 aromatic rings. The third kappa shape index (κ3) is 6.26. The minimum Gasteiger partial charge on any atom is -0.461 e. The van der Waals surface area contributed by atoms with E-state index in [9.17, 15) is 4.79 Å². The highest BCUT2D eigenvalue weighted by atomic mass is 16.5. The van der Waals surface area contributed by atoms with Gasteiger partial charge in [0.05, 0.1) is 12.3 Å². The first kappa shape index (κ1) is 21.9. The van der Waals surface area contributed by atoms with Gasteiger partial charge in [-0.25, -0.2) is 9.78 Å². The Morgan fingerprint density at radius 1 is 1.30 bits per heavy atom. The molecule has 0 atom stereocenters. The number of pyridine rings is 1. The van der Waals surface area contributed by atoms with Gasteiger partial charge >= 0.3 is 5.97 Å². The van der Waals surface area contributed by atoms with Crippen LogP contribution in [0, 0.1) is 6.92 Å². The van der Waals surface area contributed by atoms with E-state index < -0.39 is 5.97 Å². The quantitative estimate of drug-likeness (QED) is 0.422. The van der Waals surface area contributed by atoms with Crippen LogP contribution in [-0.2, 0) is 4.74 Å². The third-order valence-corrected chi connectivity index (χ3v) is 3.32. The summed E-state index contributed by atoms with van der Waals surface area (Å²) >= 11 is 0. The molecule has 0 saturated carbocycles. The molecule has 0 saturated heterocycles. The van der Waals surface area contributed by atoms with Crippen molar-refractivity contribution in [3.05, 3.63) is 66.2 Å². The fraction of sp³-hybridized carbons (Fsp3) is 0.286. The van der Waals surface area contributed by atoms with Crippen LogP contribution in [-0.4, -0.2) is 27.8 Å². The summed E-state index contributed by atoms with van der Waals surface area (Å²) in [6, 6.07) is 3.55. The van der Waals surface area contributed by atoms with Crippen LogP contribution in [0.1, 0.15) is 43.7 Å². The van der Waals surface area contributed by atoms with Gasteiger partial charge in [0.25, 0.3) is 0 Å². The summed E-state index contributed by atoms with van der Waals surface area (Å²) in [6.07, 6.45) is 9.01. The molecule has 0 fully saturated rings. The molecule has 6 heteroatoms. The van der Waals surface area contributed by atoms with Gasteiger partial charge in [0.15, 0.2) is 0 Å². The number of nitrogens with one attached hydrogen (secondary N) is 1. The Labute approximate surface area is 160 Å². The van der Waals surface area contributed by atoms with Crippen LogP contribution in [0.5, 0.6) is 5.88 Å². The lowest BCUT2D eigenvalue weighted by atomic mass is 10.1. The Bertz CT molecular complexity index is 803. The molecular formula is C21H27N3O3. The number of ether oxygens (including phenoxy) is 2. The molecule has 0 radical (unpaired) electrons. The number of allylic oxidation sites excluding steroid dienone is 4. The van der Waals surface area contributed by atoms with E-state index in [4.69, 9.17) is 9.47 Å². The van der Waals surface area contributed by atoms with Crippen molar-refractivity contribution in [2.24, 2.45) is 0 Å². The second kappa shape index (κ2) is 11.5. The van der Waals surface area contributed by atoms with Crippen molar-refractivity contribution in [2.75, 3.05) is 6.61 Å². The maximum absolute atomic E-state index is 11.8. The van der Waals surface area contributed by atoms with Crippen molar-refractivity contribution < 1.29 is 14.3 Å². The molecule has 0 amide bonds. The molecule has 0 aromatic carbocycles. The summed E-state index contributed by atoms with van der Waals surface area (Å²) in [5.74, 6) is 0.493. The molecular weight excluding hydrogens is 342 g/mol. The number of rotatable bonds is 7. The third-order valence-electron chi connectivity index (χ3n) is 3.32. The molecule has 0 unspecified atom stereocenters. The number of aromatic nitrogens is 3. The van der Waals surface area contributed by atoms with E-state index in [-0.39, 0.29) is 0 Å². The zero-order valence-electron chi connectivity index (χ0n) is 16.6. The first-order valence-corrected chi connectivity index (χ1v) is 8.91. The van der Waals surface area contributed by atoms with Gasteiger partial charge < -0.3 is 9.47 Å². The Morgan fingerprint density at radius 3 is 2.63 bits per heavy atom. The van der Waals surface area contributed by atoms with Gasteiger partial charge in [-0.2, -0.15) is 5.10 Å². The van der Waals surface area contributed by atoms with Gasteiger partial charge in [-0.15, -0.1) is 0 Å². The average molecular weight is 369 g/mol. The van der Waals surface area contributed by atoms with E-state index in [1.165, 1.54) is 0 Å². The van der Waals surface area contributed by atoms with Gasteiger partial charge in [0, 0.05) is 23.4 Å². The zero-order chi connectivity index (χ0) is 20.2. The van der Waals surface area contributed by atoms with Crippen molar-refractivity contribution >= 4 is 5.97 Å². The number of carbonyl (C=O) groups is 1. The minimum atomic E-state index is -0.420. The molecule has 0 bridgehead atoms. The lowest BCUT2D eigenvalue weighted by molar-refractivity contribution is 0.0518. The predicted molar refractivity (Wildman–Crippen MR) is 108 cm³/mol. The molecule has 2 aromatic heterocycles. The topological polar surface area (TPSA) is 77.1 Å². The first-order chi connectivity index (χ1) is 13.1. The molecule has 0 aliphatic carbocycles. The summed E-state index contributed by atoms with van der Waals surface area (Å²) in [5, 5.41) is 6.91. The van der Waals surface area contributed by atoms with E-state index in [0.717, 1.165) is 5.56 Å². The lowest BCUT2D eigenvalue weighted by Crippen LogP contribution is -2.06. The highest BCUT2D eigenvalue weighted by Crippen LogP contribution is 2.24. The van der Waals surface area contributed by atoms with Crippen LogP contribution >= 0.6 is 0 Å². The maximum Gasteiger partial charge on any atom is 0.356 e. The van der Waals surface area contributed by atoms with Crippen LogP contribution in [0.2, 0.25) is 0 Å². The molecule has 2 heterocycles. The van der Waals surface area contributed by atoms with Crippen molar-refractivity contribution in [3.8, 4) is 17.1 Å². The molecule has 2 rings (SSSR count). The minimum absolute atomic E-state index is 0.312.